The summed E-state index contributed by atoms with van der Waals surface area (Å²) in [5.41, 5.74) is -2.31. The molecule has 3 rings (SSSR count). The Hall–Kier alpha value is -2.67. The van der Waals surface area contributed by atoms with Crippen molar-refractivity contribution in [3.05, 3.63) is 70.0 Å². The molecule has 1 aliphatic heterocycles. The SMILES string of the molecule is Cc1cc(F)ccc1[C@@H]1CN(S(=O)(=O)C(C)C)CC[C@H]1C(=O)N(C)Cc1cc(C(F)(F)F)cc(C(F)(F)F)c1. The number of benzene rings is 2. The van der Waals surface area contributed by atoms with Gasteiger partial charge in [0, 0.05) is 38.5 Å². The molecule has 39 heavy (non-hydrogen) atoms. The van der Waals surface area contributed by atoms with Crippen LogP contribution in [0.1, 0.15) is 54.0 Å². The molecule has 0 saturated carbocycles. The molecule has 2 atom stereocenters. The number of piperidine rings is 1. The quantitative estimate of drug-likeness (QED) is 0.395. The Morgan fingerprint density at radius 1 is 1.03 bits per heavy atom. The maximum absolute atomic E-state index is 13.8. The van der Waals surface area contributed by atoms with Crippen LogP contribution in [0.2, 0.25) is 0 Å². The van der Waals surface area contributed by atoms with Gasteiger partial charge >= 0.3 is 12.4 Å². The monoisotopic (exact) mass is 582 g/mol. The molecule has 1 aliphatic rings. The van der Waals surface area contributed by atoms with E-state index in [0.717, 1.165) is 4.90 Å². The van der Waals surface area contributed by atoms with E-state index >= 15 is 0 Å². The molecule has 1 saturated heterocycles. The van der Waals surface area contributed by atoms with Gasteiger partial charge in [0.25, 0.3) is 0 Å². The van der Waals surface area contributed by atoms with Gasteiger partial charge in [-0.2, -0.15) is 26.3 Å². The van der Waals surface area contributed by atoms with Crippen molar-refractivity contribution in [3.8, 4) is 0 Å². The first-order valence-corrected chi connectivity index (χ1v) is 13.6. The summed E-state index contributed by atoms with van der Waals surface area (Å²) < 4.78 is 121. The predicted molar refractivity (Wildman–Crippen MR) is 131 cm³/mol. The lowest BCUT2D eigenvalue weighted by Gasteiger charge is -2.40. The minimum atomic E-state index is -5.03. The lowest BCUT2D eigenvalue weighted by Crippen LogP contribution is -2.49. The summed E-state index contributed by atoms with van der Waals surface area (Å²) in [6.07, 6.45) is -10.00. The molecule has 1 fully saturated rings. The number of halogens is 7. The Morgan fingerprint density at radius 2 is 1.59 bits per heavy atom. The van der Waals surface area contributed by atoms with Crippen molar-refractivity contribution in [3.63, 3.8) is 0 Å². The van der Waals surface area contributed by atoms with Crippen molar-refractivity contribution in [2.24, 2.45) is 5.92 Å². The van der Waals surface area contributed by atoms with Gasteiger partial charge in [-0.25, -0.2) is 17.1 Å². The summed E-state index contributed by atoms with van der Waals surface area (Å²) in [6, 6.07) is 5.05. The molecule has 0 aliphatic carbocycles. The number of carbonyl (C=O) groups excluding carboxylic acids is 1. The molecule has 0 N–H and O–H groups in total. The number of aryl methyl sites for hydroxylation is 1. The summed E-state index contributed by atoms with van der Waals surface area (Å²) >= 11 is 0. The van der Waals surface area contributed by atoms with E-state index in [-0.39, 0.29) is 31.1 Å². The Kier molecular flexibility index (Phi) is 8.76. The van der Waals surface area contributed by atoms with E-state index in [9.17, 15) is 43.9 Å². The van der Waals surface area contributed by atoms with E-state index in [1.165, 1.54) is 43.4 Å². The minimum absolute atomic E-state index is 0.00326. The van der Waals surface area contributed by atoms with E-state index in [2.05, 4.69) is 0 Å². The first-order chi connectivity index (χ1) is 17.8. The standard InChI is InChI=1S/C26H29F7N2O3S/c1-15(2)39(37,38)35-8-7-22(23(14-35)21-6-5-20(27)9-16(21)3)24(36)34(4)13-17-10-18(25(28,29)30)12-19(11-17)26(31,32)33/h5-6,9-12,15,22-23H,7-8,13-14H2,1-4H3/t22-,23+/m1/s1. The van der Waals surface area contributed by atoms with E-state index in [0.29, 0.717) is 23.3 Å². The Morgan fingerprint density at radius 3 is 2.08 bits per heavy atom. The molecule has 0 aromatic heterocycles. The third-order valence-electron chi connectivity index (χ3n) is 6.92. The van der Waals surface area contributed by atoms with Gasteiger partial charge in [0.2, 0.25) is 15.9 Å². The molecule has 1 amide bonds. The van der Waals surface area contributed by atoms with Crippen LogP contribution in [0.4, 0.5) is 30.7 Å². The van der Waals surface area contributed by atoms with Crippen LogP contribution < -0.4 is 0 Å². The second-order valence-electron chi connectivity index (χ2n) is 10.1. The highest BCUT2D eigenvalue weighted by atomic mass is 32.2. The van der Waals surface area contributed by atoms with Gasteiger partial charge in [0.15, 0.2) is 0 Å². The zero-order valence-corrected chi connectivity index (χ0v) is 22.5. The number of alkyl halides is 6. The average Bonchev–Trinajstić information content (AvgIpc) is 2.81. The van der Waals surface area contributed by atoms with Crippen LogP contribution in [0.15, 0.2) is 36.4 Å². The van der Waals surface area contributed by atoms with Crippen molar-refractivity contribution < 1.29 is 43.9 Å². The van der Waals surface area contributed by atoms with E-state index < -0.39 is 68.9 Å². The number of carbonyl (C=O) groups is 1. The van der Waals surface area contributed by atoms with Crippen LogP contribution in [0, 0.1) is 18.7 Å². The number of hydrogen-bond donors (Lipinski definition) is 0. The third kappa shape index (κ3) is 6.92. The largest absolute Gasteiger partial charge is 0.416 e. The van der Waals surface area contributed by atoms with E-state index in [1.807, 2.05) is 0 Å². The van der Waals surface area contributed by atoms with Crippen LogP contribution in [-0.2, 0) is 33.7 Å². The summed E-state index contributed by atoms with van der Waals surface area (Å²) in [5, 5.41) is -0.730. The van der Waals surface area contributed by atoms with Gasteiger partial charge in [-0.15, -0.1) is 0 Å². The maximum atomic E-state index is 13.8. The van der Waals surface area contributed by atoms with Gasteiger partial charge in [0.1, 0.15) is 5.82 Å². The molecule has 5 nitrogen and oxygen atoms in total. The molecule has 216 valence electrons. The highest BCUT2D eigenvalue weighted by Gasteiger charge is 2.42. The summed E-state index contributed by atoms with van der Waals surface area (Å²) in [5.74, 6) is -2.65. The zero-order valence-electron chi connectivity index (χ0n) is 21.7. The van der Waals surface area contributed by atoms with E-state index in [1.54, 1.807) is 6.92 Å². The van der Waals surface area contributed by atoms with Crippen LogP contribution in [0.25, 0.3) is 0 Å². The highest BCUT2D eigenvalue weighted by Crippen LogP contribution is 2.39. The Bertz CT molecular complexity index is 1290. The molecule has 1 heterocycles. The average molecular weight is 583 g/mol. The molecular formula is C26H29F7N2O3S. The second kappa shape index (κ2) is 11.1. The lowest BCUT2D eigenvalue weighted by molar-refractivity contribution is -0.143. The molecule has 2 aromatic rings. The molecular weight excluding hydrogens is 553 g/mol. The lowest BCUT2D eigenvalue weighted by atomic mass is 9.79. The van der Waals surface area contributed by atoms with Gasteiger partial charge < -0.3 is 4.90 Å². The number of nitrogens with zero attached hydrogens (tertiary/aromatic N) is 2. The highest BCUT2D eigenvalue weighted by molar-refractivity contribution is 7.89. The van der Waals surface area contributed by atoms with Gasteiger partial charge in [-0.3, -0.25) is 4.79 Å². The molecule has 13 heteroatoms. The molecule has 0 spiro atoms. The van der Waals surface area contributed by atoms with Crippen LogP contribution in [0.5, 0.6) is 0 Å². The second-order valence-corrected chi connectivity index (χ2v) is 12.6. The molecule has 0 radical (unpaired) electrons. The van der Waals surface area contributed by atoms with Crippen LogP contribution in [0.3, 0.4) is 0 Å². The minimum Gasteiger partial charge on any atom is -0.341 e. The third-order valence-corrected chi connectivity index (χ3v) is 9.17. The fourth-order valence-electron chi connectivity index (χ4n) is 4.86. The van der Waals surface area contributed by atoms with Crippen molar-refractivity contribution >= 4 is 15.9 Å². The van der Waals surface area contributed by atoms with E-state index in [4.69, 9.17) is 0 Å². The first kappa shape index (κ1) is 30.9. The van der Waals surface area contributed by atoms with Crippen molar-refractivity contribution in [1.82, 2.24) is 9.21 Å². The molecule has 0 bridgehead atoms. The first-order valence-electron chi connectivity index (χ1n) is 12.1. The summed E-state index contributed by atoms with van der Waals surface area (Å²) in [7, 11) is -2.43. The fraction of sp³-hybridized carbons (Fsp3) is 0.500. The Balaban J connectivity index is 1.96. The summed E-state index contributed by atoms with van der Waals surface area (Å²) in [4.78, 5) is 14.6. The van der Waals surface area contributed by atoms with Crippen molar-refractivity contribution in [1.29, 1.82) is 0 Å². The van der Waals surface area contributed by atoms with Crippen LogP contribution >= 0.6 is 0 Å². The topological polar surface area (TPSA) is 57.7 Å². The molecule has 2 aromatic carbocycles. The Labute approximate surface area is 222 Å². The van der Waals surface area contributed by atoms with Gasteiger partial charge in [0.05, 0.1) is 16.4 Å². The van der Waals surface area contributed by atoms with Crippen LogP contribution in [-0.4, -0.2) is 48.9 Å². The zero-order chi connectivity index (χ0) is 29.5. The van der Waals surface area contributed by atoms with Gasteiger partial charge in [-0.05, 0) is 74.2 Å². The number of amides is 1. The maximum Gasteiger partial charge on any atom is 0.416 e. The van der Waals surface area contributed by atoms with Crippen molar-refractivity contribution in [2.45, 2.75) is 57.3 Å². The summed E-state index contributed by atoms with van der Waals surface area (Å²) in [6.45, 7) is 4.03. The number of hydrogen-bond acceptors (Lipinski definition) is 3. The van der Waals surface area contributed by atoms with Gasteiger partial charge in [-0.1, -0.05) is 6.07 Å². The fourth-order valence-corrected chi connectivity index (χ4v) is 6.19. The smallest absolute Gasteiger partial charge is 0.341 e. The number of rotatable bonds is 6. The number of sulfonamides is 1. The molecule has 0 unspecified atom stereocenters. The predicted octanol–water partition coefficient (Wildman–Crippen LogP) is 5.97. The van der Waals surface area contributed by atoms with Crippen molar-refractivity contribution in [2.75, 3.05) is 20.1 Å². The normalized spacial score (nSPS) is 19.4.